The molecule has 1 aliphatic rings. The lowest BCUT2D eigenvalue weighted by molar-refractivity contribution is -0.114. The summed E-state index contributed by atoms with van der Waals surface area (Å²) >= 11 is 2.84. The third-order valence-corrected chi connectivity index (χ3v) is 6.73. The second kappa shape index (κ2) is 7.89. The monoisotopic (exact) mass is 413 g/mol. The van der Waals surface area contributed by atoms with Crippen molar-refractivity contribution in [2.45, 2.75) is 37.8 Å². The third kappa shape index (κ3) is 3.88. The predicted octanol–water partition coefficient (Wildman–Crippen LogP) is 3.80. The van der Waals surface area contributed by atoms with Gasteiger partial charge in [0.15, 0.2) is 10.9 Å². The number of hydrogen-bond donors (Lipinski definition) is 2. The van der Waals surface area contributed by atoms with Crippen molar-refractivity contribution in [3.8, 4) is 0 Å². The Labute approximate surface area is 169 Å². The molecule has 0 bridgehead atoms. The van der Waals surface area contributed by atoms with Crippen molar-refractivity contribution in [2.75, 3.05) is 11.1 Å². The third-order valence-electron chi connectivity index (χ3n) is 4.67. The van der Waals surface area contributed by atoms with Gasteiger partial charge in [0, 0.05) is 23.1 Å². The first-order chi connectivity index (χ1) is 13.5. The van der Waals surface area contributed by atoms with Crippen LogP contribution in [0.4, 0.5) is 5.69 Å². The van der Waals surface area contributed by atoms with Crippen LogP contribution >= 0.6 is 23.1 Å². The number of aromatic amines is 1. The Morgan fingerprint density at radius 2 is 1.96 bits per heavy atom. The van der Waals surface area contributed by atoms with E-state index in [9.17, 15) is 14.4 Å². The number of thioether (sulfide) groups is 1. The fraction of sp³-hybridized carbons (Fsp3) is 0.300. The zero-order valence-corrected chi connectivity index (χ0v) is 17.0. The molecule has 0 saturated heterocycles. The molecule has 1 amide bonds. The summed E-state index contributed by atoms with van der Waals surface area (Å²) in [6.45, 7) is 1.43. The number of aryl methyl sites for hydroxylation is 2. The van der Waals surface area contributed by atoms with Gasteiger partial charge in [0.05, 0.1) is 11.1 Å². The molecule has 2 aromatic heterocycles. The van der Waals surface area contributed by atoms with Crippen LogP contribution in [0.2, 0.25) is 0 Å². The summed E-state index contributed by atoms with van der Waals surface area (Å²) in [5.74, 6) is -0.0399. The summed E-state index contributed by atoms with van der Waals surface area (Å²) in [7, 11) is 0. The fourth-order valence-corrected chi connectivity index (χ4v) is 5.45. The van der Waals surface area contributed by atoms with E-state index in [-0.39, 0.29) is 23.0 Å². The van der Waals surface area contributed by atoms with Gasteiger partial charge in [-0.1, -0.05) is 11.8 Å². The molecule has 8 heteroatoms. The summed E-state index contributed by atoms with van der Waals surface area (Å²) in [6.07, 6.45) is 4.24. The molecule has 6 nitrogen and oxygen atoms in total. The number of thiophene rings is 1. The van der Waals surface area contributed by atoms with Crippen molar-refractivity contribution in [3.05, 3.63) is 50.6 Å². The van der Waals surface area contributed by atoms with Crippen LogP contribution in [-0.2, 0) is 17.6 Å². The minimum Gasteiger partial charge on any atom is -0.326 e. The molecular weight excluding hydrogens is 394 g/mol. The molecule has 0 saturated carbocycles. The second-order valence-corrected chi connectivity index (χ2v) is 8.78. The average Bonchev–Trinajstić information content (AvgIpc) is 3.05. The average molecular weight is 414 g/mol. The van der Waals surface area contributed by atoms with Gasteiger partial charge in [0.1, 0.15) is 4.83 Å². The van der Waals surface area contributed by atoms with Crippen LogP contribution in [0.3, 0.4) is 0 Å². The first-order valence-corrected chi connectivity index (χ1v) is 10.9. The van der Waals surface area contributed by atoms with Gasteiger partial charge in [-0.15, -0.1) is 11.3 Å². The maximum Gasteiger partial charge on any atom is 0.260 e. The van der Waals surface area contributed by atoms with Crippen molar-refractivity contribution in [1.29, 1.82) is 0 Å². The molecule has 0 radical (unpaired) electrons. The van der Waals surface area contributed by atoms with Gasteiger partial charge in [-0.05, 0) is 55.5 Å². The van der Waals surface area contributed by atoms with E-state index in [0.29, 0.717) is 16.4 Å². The zero-order valence-electron chi connectivity index (χ0n) is 15.3. The van der Waals surface area contributed by atoms with Gasteiger partial charge >= 0.3 is 0 Å². The normalized spacial score (nSPS) is 13.3. The van der Waals surface area contributed by atoms with Crippen LogP contribution in [0.1, 0.15) is 40.6 Å². The van der Waals surface area contributed by atoms with Crippen molar-refractivity contribution in [2.24, 2.45) is 0 Å². The van der Waals surface area contributed by atoms with Gasteiger partial charge in [0.25, 0.3) is 5.56 Å². The predicted molar refractivity (Wildman–Crippen MR) is 113 cm³/mol. The van der Waals surface area contributed by atoms with Gasteiger partial charge in [0.2, 0.25) is 5.91 Å². The highest BCUT2D eigenvalue weighted by Gasteiger charge is 2.20. The summed E-state index contributed by atoms with van der Waals surface area (Å²) in [6, 6.07) is 6.75. The number of fused-ring (bicyclic) bond motifs is 3. The molecule has 0 unspecified atom stereocenters. The Kier molecular flexibility index (Phi) is 5.32. The first-order valence-electron chi connectivity index (χ1n) is 9.09. The molecule has 3 aromatic rings. The van der Waals surface area contributed by atoms with E-state index < -0.39 is 0 Å². The molecule has 1 aromatic carbocycles. The number of carbonyl (C=O) groups excluding carboxylic acids is 2. The lowest BCUT2D eigenvalue weighted by atomic mass is 9.97. The van der Waals surface area contributed by atoms with E-state index in [0.717, 1.165) is 41.5 Å². The number of anilines is 1. The molecule has 28 heavy (non-hydrogen) atoms. The molecule has 144 valence electrons. The van der Waals surface area contributed by atoms with E-state index in [2.05, 4.69) is 15.3 Å². The lowest BCUT2D eigenvalue weighted by Gasteiger charge is -2.09. The number of Topliss-reactive ketones (excluding diaryl/α,β-unsaturated/α-hetero) is 1. The standard InChI is InChI=1S/C20H19N3O3S2/c1-11(24)21-13-8-6-12(7-9-13)15(25)10-27-20-22-18(26)17-14-4-2-3-5-16(14)28-19(17)23-20/h6-9H,2-5,10H2,1H3,(H,21,24)(H,22,23,26). The minimum absolute atomic E-state index is 0.0624. The maximum atomic E-state index is 12.6. The summed E-state index contributed by atoms with van der Waals surface area (Å²) in [5, 5.41) is 3.87. The van der Waals surface area contributed by atoms with E-state index >= 15 is 0 Å². The number of nitrogens with one attached hydrogen (secondary N) is 2. The van der Waals surface area contributed by atoms with Gasteiger partial charge in [-0.25, -0.2) is 4.98 Å². The van der Waals surface area contributed by atoms with Gasteiger partial charge in [-0.3, -0.25) is 14.4 Å². The summed E-state index contributed by atoms with van der Waals surface area (Å²) in [5.41, 5.74) is 2.25. The van der Waals surface area contributed by atoms with E-state index in [1.807, 2.05) is 0 Å². The largest absolute Gasteiger partial charge is 0.326 e. The molecule has 1 aliphatic carbocycles. The van der Waals surface area contributed by atoms with Crippen LogP contribution in [-0.4, -0.2) is 27.4 Å². The highest BCUT2D eigenvalue weighted by molar-refractivity contribution is 7.99. The molecule has 0 atom stereocenters. The summed E-state index contributed by atoms with van der Waals surface area (Å²) in [4.78, 5) is 45.5. The Balaban J connectivity index is 1.48. The van der Waals surface area contributed by atoms with E-state index in [4.69, 9.17) is 0 Å². The van der Waals surface area contributed by atoms with E-state index in [1.165, 1.54) is 23.6 Å². The number of hydrogen-bond acceptors (Lipinski definition) is 6. The number of nitrogens with zero attached hydrogens (tertiary/aromatic N) is 1. The quantitative estimate of drug-likeness (QED) is 0.377. The molecule has 4 rings (SSSR count). The van der Waals surface area contributed by atoms with Crippen molar-refractivity contribution in [1.82, 2.24) is 9.97 Å². The fourth-order valence-electron chi connectivity index (χ4n) is 3.37. The number of benzene rings is 1. The van der Waals surface area contributed by atoms with Crippen molar-refractivity contribution in [3.63, 3.8) is 0 Å². The van der Waals surface area contributed by atoms with Crippen LogP contribution in [0, 0.1) is 0 Å². The number of H-pyrrole nitrogens is 1. The lowest BCUT2D eigenvalue weighted by Crippen LogP contribution is -2.12. The maximum absolute atomic E-state index is 12.6. The van der Waals surface area contributed by atoms with Crippen LogP contribution in [0.15, 0.2) is 34.2 Å². The second-order valence-electron chi connectivity index (χ2n) is 6.73. The summed E-state index contributed by atoms with van der Waals surface area (Å²) < 4.78 is 0. The molecule has 0 spiro atoms. The Morgan fingerprint density at radius 3 is 2.71 bits per heavy atom. The zero-order chi connectivity index (χ0) is 19.7. The number of carbonyl (C=O) groups is 2. The highest BCUT2D eigenvalue weighted by atomic mass is 32.2. The van der Waals surface area contributed by atoms with Crippen LogP contribution in [0.25, 0.3) is 10.2 Å². The number of amides is 1. The Morgan fingerprint density at radius 1 is 1.21 bits per heavy atom. The SMILES string of the molecule is CC(=O)Nc1ccc(C(=O)CSc2nc3sc4c(c3c(=O)[nH]2)CCCC4)cc1. The van der Waals surface area contributed by atoms with Crippen LogP contribution < -0.4 is 10.9 Å². The molecule has 0 aliphatic heterocycles. The first kappa shape index (κ1) is 18.9. The van der Waals surface area contributed by atoms with Crippen molar-refractivity contribution >= 4 is 50.7 Å². The van der Waals surface area contributed by atoms with Gasteiger partial charge < -0.3 is 10.3 Å². The number of aromatic nitrogens is 2. The molecular formula is C20H19N3O3S2. The van der Waals surface area contributed by atoms with E-state index in [1.54, 1.807) is 35.6 Å². The molecule has 2 N–H and O–H groups in total. The van der Waals surface area contributed by atoms with Gasteiger partial charge in [-0.2, -0.15) is 0 Å². The van der Waals surface area contributed by atoms with Crippen LogP contribution in [0.5, 0.6) is 0 Å². The Hall–Kier alpha value is -2.45. The molecule has 2 heterocycles. The van der Waals surface area contributed by atoms with Crippen molar-refractivity contribution < 1.29 is 9.59 Å². The molecule has 0 fully saturated rings. The number of rotatable bonds is 5. The number of ketones is 1. The topological polar surface area (TPSA) is 91.9 Å². The minimum atomic E-state index is -0.157. The smallest absolute Gasteiger partial charge is 0.260 e. The Bertz CT molecular complexity index is 1120. The highest BCUT2D eigenvalue weighted by Crippen LogP contribution is 2.34.